The molecule has 0 bridgehead atoms. The van der Waals surface area contributed by atoms with Crippen LogP contribution in [0.1, 0.15) is 44.7 Å². The summed E-state index contributed by atoms with van der Waals surface area (Å²) in [6, 6.07) is 27.2. The fourth-order valence-electron chi connectivity index (χ4n) is 5.11. The second kappa shape index (κ2) is 12.6. The van der Waals surface area contributed by atoms with Crippen molar-refractivity contribution in [2.75, 3.05) is 23.3 Å². The van der Waals surface area contributed by atoms with Gasteiger partial charge in [0.2, 0.25) is 0 Å². The van der Waals surface area contributed by atoms with E-state index in [-0.39, 0.29) is 23.8 Å². The highest BCUT2D eigenvalue weighted by molar-refractivity contribution is 6.06. The topological polar surface area (TPSA) is 61.4 Å². The molecule has 5 rings (SSSR count). The van der Waals surface area contributed by atoms with Gasteiger partial charge in [-0.2, -0.15) is 0 Å². The first kappa shape index (κ1) is 27.1. The van der Waals surface area contributed by atoms with Gasteiger partial charge in [-0.1, -0.05) is 48.5 Å². The van der Waals surface area contributed by atoms with E-state index in [2.05, 4.69) is 39.8 Å². The Balaban J connectivity index is 1.33. The molecule has 0 spiro atoms. The van der Waals surface area contributed by atoms with Gasteiger partial charge in [0.15, 0.2) is 0 Å². The van der Waals surface area contributed by atoms with E-state index in [4.69, 9.17) is 0 Å². The Labute approximate surface area is 232 Å². The molecule has 0 aliphatic carbocycles. The third kappa shape index (κ3) is 6.91. The van der Waals surface area contributed by atoms with Crippen molar-refractivity contribution in [2.24, 2.45) is 5.92 Å². The number of amides is 2. The van der Waals surface area contributed by atoms with Gasteiger partial charge in [-0.25, -0.2) is 8.78 Å². The third-order valence-electron chi connectivity index (χ3n) is 7.27. The Bertz CT molecular complexity index is 1470. The predicted octanol–water partition coefficient (Wildman–Crippen LogP) is 6.61. The summed E-state index contributed by atoms with van der Waals surface area (Å²) in [7, 11) is 0. The van der Waals surface area contributed by atoms with Gasteiger partial charge in [-0.05, 0) is 84.8 Å². The average Bonchev–Trinajstić information content (AvgIpc) is 2.98. The number of halogens is 2. The van der Waals surface area contributed by atoms with Crippen molar-refractivity contribution >= 4 is 23.2 Å². The Morgan fingerprint density at radius 1 is 0.750 bits per heavy atom. The lowest BCUT2D eigenvalue weighted by molar-refractivity contribution is 0.0950. The molecule has 40 heavy (non-hydrogen) atoms. The van der Waals surface area contributed by atoms with Crippen LogP contribution in [0.2, 0.25) is 0 Å². The molecule has 0 radical (unpaired) electrons. The van der Waals surface area contributed by atoms with Crippen LogP contribution in [0.15, 0.2) is 97.1 Å². The summed E-state index contributed by atoms with van der Waals surface area (Å²) in [6.45, 7) is 1.85. The van der Waals surface area contributed by atoms with Gasteiger partial charge in [-0.15, -0.1) is 0 Å². The van der Waals surface area contributed by atoms with E-state index in [1.807, 2.05) is 12.1 Å². The van der Waals surface area contributed by atoms with Crippen molar-refractivity contribution in [3.63, 3.8) is 0 Å². The molecule has 1 aliphatic rings. The Kier molecular flexibility index (Phi) is 8.50. The largest absolute Gasteiger partial charge is 0.371 e. The first-order valence-electron chi connectivity index (χ1n) is 13.5. The summed E-state index contributed by atoms with van der Waals surface area (Å²) in [6.07, 6.45) is 3.04. The highest BCUT2D eigenvalue weighted by Gasteiger charge is 2.24. The van der Waals surface area contributed by atoms with E-state index in [1.54, 1.807) is 24.3 Å². The summed E-state index contributed by atoms with van der Waals surface area (Å²) in [4.78, 5) is 28.4. The van der Waals surface area contributed by atoms with Crippen LogP contribution in [0.4, 0.5) is 20.2 Å². The minimum Gasteiger partial charge on any atom is -0.371 e. The number of hydrogen-bond acceptors (Lipinski definition) is 3. The molecule has 4 aromatic rings. The molecule has 2 N–H and O–H groups in total. The number of rotatable bonds is 8. The van der Waals surface area contributed by atoms with Crippen molar-refractivity contribution in [3.8, 4) is 0 Å². The lowest BCUT2D eigenvalue weighted by atomic mass is 9.89. The summed E-state index contributed by atoms with van der Waals surface area (Å²) < 4.78 is 26.9. The standard InChI is InChI=1S/C33H31F2N3O2/c34-27-11-9-25(10-12-27)22-36-33(40)30-21-29(37-32(39)26-7-4-8-28(35)20-26)13-14-31(30)38-17-15-24(16-18-38)19-23-5-2-1-3-6-23/h1-14,20-21,24H,15-19,22H2,(H,36,40)(H,37,39). The van der Waals surface area contributed by atoms with Crippen LogP contribution >= 0.6 is 0 Å². The molecule has 1 fully saturated rings. The molecular weight excluding hydrogens is 508 g/mol. The fourth-order valence-corrected chi connectivity index (χ4v) is 5.11. The molecule has 7 heteroatoms. The highest BCUT2D eigenvalue weighted by atomic mass is 19.1. The number of hydrogen-bond donors (Lipinski definition) is 2. The highest BCUT2D eigenvalue weighted by Crippen LogP contribution is 2.30. The normalized spacial score (nSPS) is 13.6. The Morgan fingerprint density at radius 2 is 1.50 bits per heavy atom. The molecule has 5 nitrogen and oxygen atoms in total. The monoisotopic (exact) mass is 539 g/mol. The molecule has 0 atom stereocenters. The molecule has 0 unspecified atom stereocenters. The second-order valence-corrected chi connectivity index (χ2v) is 10.1. The zero-order valence-corrected chi connectivity index (χ0v) is 22.1. The maximum absolute atomic E-state index is 13.6. The maximum atomic E-state index is 13.6. The molecule has 0 aromatic heterocycles. The van der Waals surface area contributed by atoms with Gasteiger partial charge in [0, 0.05) is 36.6 Å². The molecule has 1 aliphatic heterocycles. The number of piperidine rings is 1. The summed E-state index contributed by atoms with van der Waals surface area (Å²) in [5.41, 5.74) is 3.95. The molecule has 4 aromatic carbocycles. The quantitative estimate of drug-likeness (QED) is 0.265. The SMILES string of the molecule is O=C(Nc1ccc(N2CCC(Cc3ccccc3)CC2)c(C(=O)NCc2ccc(F)cc2)c1)c1cccc(F)c1. The number of carbonyl (C=O) groups excluding carboxylic acids is 2. The number of nitrogens with zero attached hydrogens (tertiary/aromatic N) is 1. The van der Waals surface area contributed by atoms with Crippen LogP contribution in [0.25, 0.3) is 0 Å². The summed E-state index contributed by atoms with van der Waals surface area (Å²) in [5.74, 6) is -1.03. The van der Waals surface area contributed by atoms with E-state index in [9.17, 15) is 18.4 Å². The van der Waals surface area contributed by atoms with E-state index >= 15 is 0 Å². The van der Waals surface area contributed by atoms with Gasteiger partial charge in [0.1, 0.15) is 11.6 Å². The van der Waals surface area contributed by atoms with Crippen LogP contribution in [0.5, 0.6) is 0 Å². The van der Waals surface area contributed by atoms with Crippen LogP contribution < -0.4 is 15.5 Å². The van der Waals surface area contributed by atoms with Gasteiger partial charge >= 0.3 is 0 Å². The third-order valence-corrected chi connectivity index (χ3v) is 7.27. The number of nitrogens with one attached hydrogen (secondary N) is 2. The zero-order valence-electron chi connectivity index (χ0n) is 22.1. The number of anilines is 2. The van der Waals surface area contributed by atoms with Crippen LogP contribution in [-0.2, 0) is 13.0 Å². The van der Waals surface area contributed by atoms with Crippen molar-refractivity contribution < 1.29 is 18.4 Å². The fraction of sp³-hybridized carbons (Fsp3) is 0.212. The van der Waals surface area contributed by atoms with Crippen molar-refractivity contribution in [2.45, 2.75) is 25.8 Å². The van der Waals surface area contributed by atoms with Gasteiger partial charge in [0.25, 0.3) is 11.8 Å². The second-order valence-electron chi connectivity index (χ2n) is 10.1. The van der Waals surface area contributed by atoms with Gasteiger partial charge in [-0.3, -0.25) is 9.59 Å². The lowest BCUT2D eigenvalue weighted by Crippen LogP contribution is -2.36. The van der Waals surface area contributed by atoms with Crippen LogP contribution in [-0.4, -0.2) is 24.9 Å². The number of carbonyl (C=O) groups is 2. The zero-order chi connectivity index (χ0) is 27.9. The smallest absolute Gasteiger partial charge is 0.255 e. The predicted molar refractivity (Wildman–Crippen MR) is 153 cm³/mol. The summed E-state index contributed by atoms with van der Waals surface area (Å²) in [5, 5.41) is 5.70. The van der Waals surface area contributed by atoms with E-state index < -0.39 is 11.7 Å². The maximum Gasteiger partial charge on any atom is 0.255 e. The van der Waals surface area contributed by atoms with Crippen LogP contribution in [0, 0.1) is 17.6 Å². The molecule has 2 amide bonds. The van der Waals surface area contributed by atoms with Crippen molar-refractivity contribution in [1.29, 1.82) is 0 Å². The van der Waals surface area contributed by atoms with Gasteiger partial charge < -0.3 is 15.5 Å². The number of benzene rings is 4. The first-order chi connectivity index (χ1) is 19.4. The minimum atomic E-state index is -0.500. The Hall–Kier alpha value is -4.52. The minimum absolute atomic E-state index is 0.187. The lowest BCUT2D eigenvalue weighted by Gasteiger charge is -2.35. The molecule has 204 valence electrons. The van der Waals surface area contributed by atoms with Crippen molar-refractivity contribution in [3.05, 3.63) is 131 Å². The average molecular weight is 540 g/mol. The molecule has 1 heterocycles. The van der Waals surface area contributed by atoms with E-state index in [0.29, 0.717) is 17.2 Å². The van der Waals surface area contributed by atoms with E-state index in [1.165, 1.54) is 42.0 Å². The van der Waals surface area contributed by atoms with Crippen LogP contribution in [0.3, 0.4) is 0 Å². The molecular formula is C33H31F2N3O2. The van der Waals surface area contributed by atoms with Gasteiger partial charge in [0.05, 0.1) is 5.56 Å². The molecule has 1 saturated heterocycles. The Morgan fingerprint density at radius 3 is 2.23 bits per heavy atom. The first-order valence-corrected chi connectivity index (χ1v) is 13.5. The summed E-state index contributed by atoms with van der Waals surface area (Å²) >= 11 is 0. The molecule has 0 saturated carbocycles. The van der Waals surface area contributed by atoms with E-state index in [0.717, 1.165) is 43.6 Å². The van der Waals surface area contributed by atoms with Crippen molar-refractivity contribution in [1.82, 2.24) is 5.32 Å².